The number of unbranched alkanes of at least 4 members (excludes halogenated alkanes) is 1. The van der Waals surface area contributed by atoms with E-state index in [0.29, 0.717) is 6.54 Å². The maximum atomic E-state index is 12.9. The van der Waals surface area contributed by atoms with Crippen LogP contribution in [-0.4, -0.2) is 40.0 Å². The minimum atomic E-state index is -0.244. The molecule has 0 saturated carbocycles. The van der Waals surface area contributed by atoms with E-state index in [2.05, 4.69) is 29.7 Å². The minimum Gasteiger partial charge on any atom is -0.342 e. The van der Waals surface area contributed by atoms with Crippen LogP contribution >= 0.6 is 0 Å². The van der Waals surface area contributed by atoms with E-state index in [1.165, 1.54) is 10.6 Å². The summed E-state index contributed by atoms with van der Waals surface area (Å²) in [6, 6.07) is 18.3. The zero-order valence-electron chi connectivity index (χ0n) is 16.8. The number of amides is 2. The van der Waals surface area contributed by atoms with E-state index in [1.54, 1.807) is 18.1 Å². The van der Waals surface area contributed by atoms with Gasteiger partial charge in [0, 0.05) is 42.8 Å². The number of hydrogen-bond donors (Lipinski definition) is 0. The maximum absolute atomic E-state index is 12.9. The number of para-hydroxylation sites is 1. The predicted molar refractivity (Wildman–Crippen MR) is 115 cm³/mol. The van der Waals surface area contributed by atoms with Gasteiger partial charge in [-0.3, -0.25) is 14.6 Å². The highest BCUT2D eigenvalue weighted by molar-refractivity contribution is 6.25. The van der Waals surface area contributed by atoms with Gasteiger partial charge in [0.25, 0.3) is 11.8 Å². The number of benzene rings is 2. The first kappa shape index (κ1) is 19.0. The maximum Gasteiger partial charge on any atom is 0.278 e. The molecule has 148 valence electrons. The Morgan fingerprint density at radius 1 is 0.931 bits per heavy atom. The molecule has 1 aromatic heterocycles. The van der Waals surface area contributed by atoms with Crippen molar-refractivity contribution in [2.24, 2.45) is 0 Å². The van der Waals surface area contributed by atoms with Gasteiger partial charge < -0.3 is 4.57 Å². The Labute approximate surface area is 170 Å². The molecule has 0 spiro atoms. The van der Waals surface area contributed by atoms with E-state index in [0.717, 1.165) is 35.9 Å². The van der Waals surface area contributed by atoms with E-state index < -0.39 is 0 Å². The third-order valence-electron chi connectivity index (χ3n) is 5.39. The second-order valence-electron chi connectivity index (χ2n) is 7.38. The monoisotopic (exact) mass is 387 g/mol. The van der Waals surface area contributed by atoms with Crippen LogP contribution in [-0.2, 0) is 16.1 Å². The Hall–Kier alpha value is -3.34. The first-order valence-electron chi connectivity index (χ1n) is 10.0. The summed E-state index contributed by atoms with van der Waals surface area (Å²) in [6.45, 7) is 3.36. The smallest absolute Gasteiger partial charge is 0.278 e. The van der Waals surface area contributed by atoms with Crippen molar-refractivity contribution in [3.8, 4) is 0 Å². The van der Waals surface area contributed by atoms with Gasteiger partial charge in [0.05, 0.1) is 0 Å². The second-order valence-corrected chi connectivity index (χ2v) is 7.38. The fourth-order valence-corrected chi connectivity index (χ4v) is 3.79. The molecule has 2 aromatic carbocycles. The molecule has 29 heavy (non-hydrogen) atoms. The van der Waals surface area contributed by atoms with E-state index in [1.807, 2.05) is 42.6 Å². The summed E-state index contributed by atoms with van der Waals surface area (Å²) in [5.74, 6) is -0.461. The highest BCUT2D eigenvalue weighted by atomic mass is 16.2. The summed E-state index contributed by atoms with van der Waals surface area (Å²) in [5.41, 5.74) is 3.40. The van der Waals surface area contributed by atoms with E-state index in [4.69, 9.17) is 0 Å². The Bertz CT molecular complexity index is 1080. The molecule has 0 unspecified atom stereocenters. The summed E-state index contributed by atoms with van der Waals surface area (Å²) < 4.78 is 2.17. The highest BCUT2D eigenvalue weighted by Crippen LogP contribution is 2.27. The number of likely N-dealkylation sites (N-methyl/N-ethyl adjacent to an activating group) is 1. The molecular weight excluding hydrogens is 362 g/mol. The molecule has 0 bridgehead atoms. The number of hydrazine groups is 1. The van der Waals surface area contributed by atoms with E-state index in [-0.39, 0.29) is 17.4 Å². The molecule has 0 N–H and O–H groups in total. The number of rotatable bonds is 6. The van der Waals surface area contributed by atoms with Gasteiger partial charge >= 0.3 is 0 Å². The fraction of sp³-hybridized carbons (Fsp3) is 0.250. The lowest BCUT2D eigenvalue weighted by molar-refractivity contribution is -0.143. The van der Waals surface area contributed by atoms with Crippen molar-refractivity contribution in [2.45, 2.75) is 26.3 Å². The quantitative estimate of drug-likeness (QED) is 0.472. The van der Waals surface area contributed by atoms with Crippen molar-refractivity contribution in [1.82, 2.24) is 14.6 Å². The average molecular weight is 387 g/mol. The van der Waals surface area contributed by atoms with Crippen LogP contribution in [0.3, 0.4) is 0 Å². The third kappa shape index (κ3) is 3.56. The minimum absolute atomic E-state index is 0.217. The number of hydrogen-bond acceptors (Lipinski definition) is 2. The molecule has 4 rings (SSSR count). The molecule has 1 aliphatic rings. The van der Waals surface area contributed by atoms with Crippen LogP contribution in [0.4, 0.5) is 0 Å². The topological polar surface area (TPSA) is 45.6 Å². The molecule has 3 aromatic rings. The zero-order chi connectivity index (χ0) is 20.4. The van der Waals surface area contributed by atoms with Gasteiger partial charge in [-0.2, -0.15) is 0 Å². The van der Waals surface area contributed by atoms with Crippen LogP contribution in [0.5, 0.6) is 0 Å². The summed E-state index contributed by atoms with van der Waals surface area (Å²) in [5, 5.41) is 4.01. The molecule has 1 aliphatic heterocycles. The number of nitrogens with zero attached hydrogens (tertiary/aromatic N) is 3. The lowest BCUT2D eigenvalue weighted by Gasteiger charge is -2.22. The molecular formula is C24H25N3O2. The highest BCUT2D eigenvalue weighted by Gasteiger charge is 2.38. The number of carbonyl (C=O) groups is 2. The van der Waals surface area contributed by atoms with Gasteiger partial charge in [0.2, 0.25) is 0 Å². The summed E-state index contributed by atoms with van der Waals surface area (Å²) in [7, 11) is 1.66. The summed E-state index contributed by atoms with van der Waals surface area (Å²) in [6.07, 6.45) is 5.61. The summed E-state index contributed by atoms with van der Waals surface area (Å²) >= 11 is 0. The van der Waals surface area contributed by atoms with Gasteiger partial charge in [-0.1, -0.05) is 61.9 Å². The fourth-order valence-electron chi connectivity index (χ4n) is 3.79. The molecule has 0 aliphatic carbocycles. The van der Waals surface area contributed by atoms with Crippen LogP contribution in [0, 0.1) is 0 Å². The van der Waals surface area contributed by atoms with Crippen molar-refractivity contribution < 1.29 is 9.59 Å². The largest absolute Gasteiger partial charge is 0.342 e. The predicted octanol–water partition coefficient (Wildman–Crippen LogP) is 4.09. The molecule has 1 fully saturated rings. The van der Waals surface area contributed by atoms with Crippen molar-refractivity contribution in [3.63, 3.8) is 0 Å². The lowest BCUT2D eigenvalue weighted by Crippen LogP contribution is -2.38. The van der Waals surface area contributed by atoms with Crippen LogP contribution < -0.4 is 0 Å². The van der Waals surface area contributed by atoms with Gasteiger partial charge in [0.15, 0.2) is 0 Å². The SMILES string of the molecule is CCCCN1C(=O)/C(=C/c2cn(Cc3ccccc3)c3ccccc23)C(=O)N1C. The second kappa shape index (κ2) is 7.95. The molecule has 2 heterocycles. The van der Waals surface area contributed by atoms with E-state index in [9.17, 15) is 9.59 Å². The standard InChI is InChI=1S/C24H25N3O2/c1-3-4-14-27-24(29)21(23(28)25(27)2)15-19-17-26(16-18-10-6-5-7-11-18)22-13-9-8-12-20(19)22/h5-13,15,17H,3-4,14,16H2,1-2H3/b21-15+. The Kier molecular flexibility index (Phi) is 5.21. The van der Waals surface area contributed by atoms with Crippen LogP contribution in [0.1, 0.15) is 30.9 Å². The van der Waals surface area contributed by atoms with Gasteiger partial charge in [-0.25, -0.2) is 5.01 Å². The number of aromatic nitrogens is 1. The molecule has 2 amide bonds. The van der Waals surface area contributed by atoms with Gasteiger partial charge in [-0.05, 0) is 24.1 Å². The van der Waals surface area contributed by atoms with Crippen molar-refractivity contribution in [2.75, 3.05) is 13.6 Å². The first-order valence-corrected chi connectivity index (χ1v) is 10.0. The van der Waals surface area contributed by atoms with E-state index >= 15 is 0 Å². The number of carbonyl (C=O) groups excluding carboxylic acids is 2. The van der Waals surface area contributed by atoms with Crippen molar-refractivity contribution >= 4 is 28.8 Å². The number of fused-ring (bicyclic) bond motifs is 1. The molecule has 5 nitrogen and oxygen atoms in total. The molecule has 0 radical (unpaired) electrons. The van der Waals surface area contributed by atoms with Crippen molar-refractivity contribution in [3.05, 3.63) is 77.5 Å². The summed E-state index contributed by atoms with van der Waals surface area (Å²) in [4.78, 5) is 25.6. The lowest BCUT2D eigenvalue weighted by atomic mass is 10.1. The first-order chi connectivity index (χ1) is 14.1. The average Bonchev–Trinajstić information content (AvgIpc) is 3.18. The van der Waals surface area contributed by atoms with Crippen LogP contribution in [0.2, 0.25) is 0 Å². The van der Waals surface area contributed by atoms with Gasteiger partial charge in [-0.15, -0.1) is 0 Å². The molecule has 5 heteroatoms. The third-order valence-corrected chi connectivity index (χ3v) is 5.39. The Morgan fingerprint density at radius 3 is 2.41 bits per heavy atom. The molecule has 0 atom stereocenters. The molecule has 1 saturated heterocycles. The zero-order valence-corrected chi connectivity index (χ0v) is 16.8. The van der Waals surface area contributed by atoms with Crippen LogP contribution in [0.25, 0.3) is 17.0 Å². The van der Waals surface area contributed by atoms with Gasteiger partial charge in [0.1, 0.15) is 5.57 Å². The van der Waals surface area contributed by atoms with Crippen molar-refractivity contribution in [1.29, 1.82) is 0 Å². The van der Waals surface area contributed by atoms with Crippen LogP contribution in [0.15, 0.2) is 66.4 Å². The normalized spacial score (nSPS) is 15.9. The Balaban J connectivity index is 1.73. The Morgan fingerprint density at radius 2 is 1.66 bits per heavy atom.